The molecular formula is C15H11ClF2N2O4. The number of ether oxygens (including phenoxy) is 2. The molecule has 0 aliphatic heterocycles. The Morgan fingerprint density at radius 1 is 1.21 bits per heavy atom. The van der Waals surface area contributed by atoms with Crippen molar-refractivity contribution in [3.8, 4) is 5.75 Å². The zero-order valence-corrected chi connectivity index (χ0v) is 12.8. The average molecular weight is 357 g/mol. The van der Waals surface area contributed by atoms with Crippen molar-refractivity contribution >= 4 is 29.2 Å². The molecule has 0 saturated heterocycles. The van der Waals surface area contributed by atoms with Gasteiger partial charge < -0.3 is 14.8 Å². The van der Waals surface area contributed by atoms with Crippen LogP contribution in [0.2, 0.25) is 5.15 Å². The summed E-state index contributed by atoms with van der Waals surface area (Å²) >= 11 is 5.77. The Labute approximate surface area is 140 Å². The van der Waals surface area contributed by atoms with Crippen molar-refractivity contribution in [1.82, 2.24) is 4.98 Å². The third-order valence-electron chi connectivity index (χ3n) is 2.69. The van der Waals surface area contributed by atoms with E-state index < -0.39 is 25.1 Å². The van der Waals surface area contributed by atoms with Gasteiger partial charge in [-0.15, -0.1) is 0 Å². The number of nitrogens with zero attached hydrogens (tertiary/aromatic N) is 1. The molecule has 1 aromatic heterocycles. The van der Waals surface area contributed by atoms with Gasteiger partial charge in [0, 0.05) is 6.20 Å². The second-order valence-corrected chi connectivity index (χ2v) is 4.70. The van der Waals surface area contributed by atoms with E-state index in [1.807, 2.05) is 0 Å². The van der Waals surface area contributed by atoms with Crippen LogP contribution < -0.4 is 10.1 Å². The Morgan fingerprint density at radius 2 is 1.96 bits per heavy atom. The third kappa shape index (κ3) is 4.88. The lowest BCUT2D eigenvalue weighted by molar-refractivity contribution is -0.119. The highest BCUT2D eigenvalue weighted by atomic mass is 35.5. The number of esters is 1. The number of aromatic nitrogens is 1. The highest BCUT2D eigenvalue weighted by molar-refractivity contribution is 6.32. The lowest BCUT2D eigenvalue weighted by atomic mass is 10.2. The number of para-hydroxylation sites is 1. The van der Waals surface area contributed by atoms with Gasteiger partial charge in [-0.05, 0) is 24.3 Å². The zero-order valence-electron chi connectivity index (χ0n) is 12.0. The fraction of sp³-hybridized carbons (Fsp3) is 0.133. The van der Waals surface area contributed by atoms with Crippen LogP contribution in [0.5, 0.6) is 5.75 Å². The molecule has 1 amide bonds. The van der Waals surface area contributed by atoms with Crippen LogP contribution in [0.3, 0.4) is 0 Å². The predicted octanol–water partition coefficient (Wildman–Crippen LogP) is 3.13. The zero-order chi connectivity index (χ0) is 17.5. The SMILES string of the molecule is O=C(COC(=O)c1ccccc1OC(F)F)Nc1cccnc1Cl. The Morgan fingerprint density at radius 3 is 2.67 bits per heavy atom. The smallest absolute Gasteiger partial charge is 0.387 e. The minimum Gasteiger partial charge on any atom is -0.452 e. The number of pyridine rings is 1. The maximum atomic E-state index is 12.3. The molecule has 0 aliphatic carbocycles. The second-order valence-electron chi connectivity index (χ2n) is 4.34. The molecule has 0 fully saturated rings. The van der Waals surface area contributed by atoms with Gasteiger partial charge in [0.05, 0.1) is 5.69 Å². The molecule has 1 aromatic carbocycles. The van der Waals surface area contributed by atoms with Crippen LogP contribution in [-0.2, 0) is 9.53 Å². The van der Waals surface area contributed by atoms with Crippen molar-refractivity contribution in [1.29, 1.82) is 0 Å². The number of halogens is 3. The van der Waals surface area contributed by atoms with Crippen LogP contribution in [-0.4, -0.2) is 30.1 Å². The first-order valence-corrected chi connectivity index (χ1v) is 6.96. The summed E-state index contributed by atoms with van der Waals surface area (Å²) in [7, 11) is 0. The molecule has 126 valence electrons. The standard InChI is InChI=1S/C15H11ClF2N2O4/c16-13-10(5-3-7-19-13)20-12(21)8-23-14(22)9-4-1-2-6-11(9)24-15(17)18/h1-7,15H,8H2,(H,20,21). The molecule has 9 heteroatoms. The number of benzene rings is 1. The minimum absolute atomic E-state index is 0.0767. The van der Waals surface area contributed by atoms with E-state index >= 15 is 0 Å². The summed E-state index contributed by atoms with van der Waals surface area (Å²) in [5, 5.41) is 2.48. The third-order valence-corrected chi connectivity index (χ3v) is 2.99. The Kier molecular flexibility index (Phi) is 6.02. The van der Waals surface area contributed by atoms with Gasteiger partial charge in [-0.2, -0.15) is 8.78 Å². The summed E-state index contributed by atoms with van der Waals surface area (Å²) in [6.07, 6.45) is 1.44. The molecule has 1 heterocycles. The van der Waals surface area contributed by atoms with Gasteiger partial charge in [-0.25, -0.2) is 9.78 Å². The number of carbonyl (C=O) groups is 2. The first kappa shape index (κ1) is 17.6. The molecule has 6 nitrogen and oxygen atoms in total. The van der Waals surface area contributed by atoms with E-state index in [9.17, 15) is 18.4 Å². The van der Waals surface area contributed by atoms with Gasteiger partial charge in [0.25, 0.3) is 5.91 Å². The number of hydrogen-bond acceptors (Lipinski definition) is 5. The van der Waals surface area contributed by atoms with E-state index in [1.165, 1.54) is 36.5 Å². The Balaban J connectivity index is 1.96. The molecule has 0 aliphatic rings. The Bertz CT molecular complexity index is 743. The van der Waals surface area contributed by atoms with Crippen LogP contribution in [0.4, 0.5) is 14.5 Å². The van der Waals surface area contributed by atoms with Crippen molar-refractivity contribution in [2.45, 2.75) is 6.61 Å². The molecule has 2 rings (SSSR count). The number of anilines is 1. The summed E-state index contributed by atoms with van der Waals surface area (Å²) in [5.41, 5.74) is 0.0339. The number of carbonyl (C=O) groups excluding carboxylic acids is 2. The summed E-state index contributed by atoms with van der Waals surface area (Å²) in [5.74, 6) is -1.97. The van der Waals surface area contributed by atoms with Gasteiger partial charge >= 0.3 is 12.6 Å². The van der Waals surface area contributed by atoms with E-state index in [0.717, 1.165) is 0 Å². The molecule has 1 N–H and O–H groups in total. The maximum absolute atomic E-state index is 12.3. The van der Waals surface area contributed by atoms with Crippen molar-refractivity contribution < 1.29 is 27.8 Å². The number of amides is 1. The molecule has 0 atom stereocenters. The number of alkyl halides is 2. The van der Waals surface area contributed by atoms with Crippen LogP contribution in [0.25, 0.3) is 0 Å². The minimum atomic E-state index is -3.09. The summed E-state index contributed by atoms with van der Waals surface area (Å²) in [6.45, 7) is -3.72. The average Bonchev–Trinajstić information content (AvgIpc) is 2.55. The second kappa shape index (κ2) is 8.21. The van der Waals surface area contributed by atoms with E-state index in [4.69, 9.17) is 16.3 Å². The quantitative estimate of drug-likeness (QED) is 0.635. The molecule has 0 bridgehead atoms. The van der Waals surface area contributed by atoms with Crippen LogP contribution in [0, 0.1) is 0 Å². The first-order valence-electron chi connectivity index (χ1n) is 6.58. The van der Waals surface area contributed by atoms with Gasteiger partial charge in [-0.3, -0.25) is 4.79 Å². The lowest BCUT2D eigenvalue weighted by Crippen LogP contribution is -2.21. The number of nitrogens with one attached hydrogen (secondary N) is 1. The molecule has 0 spiro atoms. The Hall–Kier alpha value is -2.74. The lowest BCUT2D eigenvalue weighted by Gasteiger charge is -2.10. The normalized spacial score (nSPS) is 10.3. The van der Waals surface area contributed by atoms with Crippen molar-refractivity contribution in [3.05, 3.63) is 53.3 Å². The monoisotopic (exact) mass is 356 g/mol. The van der Waals surface area contributed by atoms with Crippen molar-refractivity contribution in [2.75, 3.05) is 11.9 Å². The largest absolute Gasteiger partial charge is 0.452 e. The van der Waals surface area contributed by atoms with Crippen molar-refractivity contribution in [2.24, 2.45) is 0 Å². The topological polar surface area (TPSA) is 77.5 Å². The summed E-state index contributed by atoms with van der Waals surface area (Å²) in [4.78, 5) is 27.4. The van der Waals surface area contributed by atoms with Gasteiger partial charge in [-0.1, -0.05) is 23.7 Å². The highest BCUT2D eigenvalue weighted by Gasteiger charge is 2.18. The van der Waals surface area contributed by atoms with Gasteiger partial charge in [0.1, 0.15) is 11.3 Å². The number of hydrogen-bond donors (Lipinski definition) is 1. The fourth-order valence-electron chi connectivity index (χ4n) is 1.71. The van der Waals surface area contributed by atoms with Crippen molar-refractivity contribution in [3.63, 3.8) is 0 Å². The molecule has 24 heavy (non-hydrogen) atoms. The molecule has 2 aromatic rings. The van der Waals surface area contributed by atoms with Crippen LogP contribution in [0.1, 0.15) is 10.4 Å². The highest BCUT2D eigenvalue weighted by Crippen LogP contribution is 2.21. The van der Waals surface area contributed by atoms with Crippen LogP contribution in [0.15, 0.2) is 42.6 Å². The van der Waals surface area contributed by atoms with Crippen LogP contribution >= 0.6 is 11.6 Å². The maximum Gasteiger partial charge on any atom is 0.387 e. The first-order chi connectivity index (χ1) is 11.5. The number of rotatable bonds is 6. The predicted molar refractivity (Wildman–Crippen MR) is 81.2 cm³/mol. The van der Waals surface area contributed by atoms with E-state index in [1.54, 1.807) is 6.07 Å². The van der Waals surface area contributed by atoms with Gasteiger partial charge in [0.2, 0.25) is 0 Å². The molecule has 0 unspecified atom stereocenters. The molecule has 0 saturated carbocycles. The molecular weight excluding hydrogens is 346 g/mol. The van der Waals surface area contributed by atoms with Gasteiger partial charge in [0.15, 0.2) is 11.8 Å². The summed E-state index contributed by atoms with van der Waals surface area (Å²) < 4.78 is 33.6. The van der Waals surface area contributed by atoms with E-state index in [0.29, 0.717) is 0 Å². The summed E-state index contributed by atoms with van der Waals surface area (Å²) in [6, 6.07) is 8.39. The van der Waals surface area contributed by atoms with E-state index in [-0.39, 0.29) is 22.2 Å². The van der Waals surface area contributed by atoms with E-state index in [2.05, 4.69) is 15.0 Å². The fourth-order valence-corrected chi connectivity index (χ4v) is 1.88. The molecule has 0 radical (unpaired) electrons.